The maximum Gasteiger partial charge on any atom is 0.303 e. The van der Waals surface area contributed by atoms with Crippen LogP contribution in [0.1, 0.15) is 38.7 Å². The number of ether oxygens (including phenoxy) is 2. The minimum absolute atomic E-state index is 0.137. The van der Waals surface area contributed by atoms with E-state index in [4.69, 9.17) is 14.6 Å². The molecule has 1 fully saturated rings. The van der Waals surface area contributed by atoms with Gasteiger partial charge in [-0.1, -0.05) is 30.1 Å². The molecule has 0 aromatic carbocycles. The summed E-state index contributed by atoms with van der Waals surface area (Å²) in [5.41, 5.74) is 0.913. The van der Waals surface area contributed by atoms with Crippen LogP contribution in [0.2, 0.25) is 0 Å². The van der Waals surface area contributed by atoms with Gasteiger partial charge in [-0.05, 0) is 44.9 Å². The zero-order valence-corrected chi connectivity index (χ0v) is 14.5. The molecule has 0 amide bonds. The highest BCUT2D eigenvalue weighted by molar-refractivity contribution is 5.66. The van der Waals surface area contributed by atoms with Gasteiger partial charge in [0.2, 0.25) is 0 Å². The maximum absolute atomic E-state index is 10.6. The topological polar surface area (TPSA) is 68.7 Å². The lowest BCUT2D eigenvalue weighted by molar-refractivity contribution is -0.143. The lowest BCUT2D eigenvalue weighted by Crippen LogP contribution is -2.21. The Morgan fingerprint density at radius 3 is 2.80 bits per heavy atom. The van der Waals surface area contributed by atoms with Crippen LogP contribution in [0.3, 0.4) is 0 Å². The van der Waals surface area contributed by atoms with Gasteiger partial charge < -0.3 is 14.6 Å². The molecule has 5 heteroatoms. The number of carboxylic acids is 1. The minimum Gasteiger partial charge on any atom is -0.481 e. The number of aromatic nitrogens is 1. The third kappa shape index (κ3) is 6.92. The number of hydrogen-bond acceptors (Lipinski definition) is 4. The van der Waals surface area contributed by atoms with Crippen LogP contribution in [0.5, 0.6) is 0 Å². The Kier molecular flexibility index (Phi) is 6.93. The van der Waals surface area contributed by atoms with Crippen molar-refractivity contribution in [3.05, 3.63) is 54.4 Å². The van der Waals surface area contributed by atoms with Crippen molar-refractivity contribution in [1.29, 1.82) is 0 Å². The van der Waals surface area contributed by atoms with Gasteiger partial charge in [0.25, 0.3) is 0 Å². The van der Waals surface area contributed by atoms with Crippen LogP contribution in [0, 0.1) is 11.8 Å². The summed E-state index contributed by atoms with van der Waals surface area (Å²) in [5, 5.41) is 8.75. The van der Waals surface area contributed by atoms with Crippen molar-refractivity contribution in [1.82, 2.24) is 4.98 Å². The lowest BCUT2D eigenvalue weighted by atomic mass is 10.1. The monoisotopic (exact) mass is 341 g/mol. The summed E-state index contributed by atoms with van der Waals surface area (Å²) in [5.74, 6) is 4.52. The third-order valence-electron chi connectivity index (χ3n) is 3.59. The van der Waals surface area contributed by atoms with Crippen LogP contribution in [-0.4, -0.2) is 34.1 Å². The van der Waals surface area contributed by atoms with Crippen LogP contribution in [0.25, 0.3) is 0 Å². The zero-order valence-electron chi connectivity index (χ0n) is 14.5. The van der Waals surface area contributed by atoms with E-state index in [1.165, 1.54) is 0 Å². The number of carbonyl (C=O) groups is 1. The predicted octanol–water partition coefficient (Wildman–Crippen LogP) is 3.32. The first kappa shape index (κ1) is 18.9. The quantitative estimate of drug-likeness (QED) is 0.635. The molecular formula is C20H23NO4. The molecule has 132 valence electrons. The van der Waals surface area contributed by atoms with E-state index in [0.29, 0.717) is 12.8 Å². The van der Waals surface area contributed by atoms with E-state index in [9.17, 15) is 4.79 Å². The van der Waals surface area contributed by atoms with Crippen molar-refractivity contribution < 1.29 is 19.4 Å². The van der Waals surface area contributed by atoms with E-state index in [1.807, 2.05) is 44.2 Å². The van der Waals surface area contributed by atoms with Crippen molar-refractivity contribution in [2.75, 3.05) is 0 Å². The number of allylic oxidation sites excluding steroid dienone is 3. The zero-order chi connectivity index (χ0) is 18.1. The van der Waals surface area contributed by atoms with Crippen molar-refractivity contribution in [2.24, 2.45) is 0 Å². The van der Waals surface area contributed by atoms with Gasteiger partial charge in [0, 0.05) is 24.4 Å². The molecule has 1 aromatic rings. The molecule has 0 bridgehead atoms. The molecule has 25 heavy (non-hydrogen) atoms. The number of nitrogens with zero attached hydrogens (tertiary/aromatic N) is 1. The molecule has 0 aliphatic carbocycles. The average molecular weight is 341 g/mol. The first-order valence-corrected chi connectivity index (χ1v) is 8.28. The van der Waals surface area contributed by atoms with Gasteiger partial charge in [-0.2, -0.15) is 0 Å². The molecule has 1 aromatic heterocycles. The fourth-order valence-electron chi connectivity index (χ4n) is 2.54. The molecule has 2 rings (SSSR count). The van der Waals surface area contributed by atoms with E-state index in [1.54, 1.807) is 18.5 Å². The van der Waals surface area contributed by atoms with Gasteiger partial charge in [0.05, 0.1) is 6.10 Å². The number of hydrogen-bond donors (Lipinski definition) is 1. The van der Waals surface area contributed by atoms with Gasteiger partial charge in [0.1, 0.15) is 6.10 Å². The summed E-state index contributed by atoms with van der Waals surface area (Å²) in [6.07, 6.45) is 11.8. The predicted molar refractivity (Wildman–Crippen MR) is 94.7 cm³/mol. The molecule has 0 saturated carbocycles. The molecular weight excluding hydrogens is 318 g/mol. The van der Waals surface area contributed by atoms with Crippen LogP contribution < -0.4 is 0 Å². The second kappa shape index (κ2) is 9.16. The smallest absolute Gasteiger partial charge is 0.303 e. The van der Waals surface area contributed by atoms with Crippen molar-refractivity contribution in [3.8, 4) is 11.8 Å². The third-order valence-corrected chi connectivity index (χ3v) is 3.59. The van der Waals surface area contributed by atoms with E-state index in [0.717, 1.165) is 5.56 Å². The fraction of sp³-hybridized carbons (Fsp3) is 0.400. The number of rotatable bonds is 6. The SMILES string of the molecule is CC1(C)O[C@@H](CCCC(=O)O)[C@@H](/C=C/C=C/C#Cc2ccncc2)O1. The standard InChI is InChI=1S/C20H23NO4/c1-20(2)24-17(18(25-20)10-7-11-19(22)23)9-6-4-3-5-8-16-12-14-21-15-13-16/h3-4,6,9,12-15,17-18H,7,10-11H2,1-2H3,(H,22,23)/b4-3+,9-6+/t17-,18+/m1/s1. The Balaban J connectivity index is 1.87. The molecule has 1 aliphatic heterocycles. The molecule has 1 N–H and O–H groups in total. The van der Waals surface area contributed by atoms with Crippen LogP contribution in [0.4, 0.5) is 0 Å². The highest BCUT2D eigenvalue weighted by Crippen LogP contribution is 2.31. The summed E-state index contributed by atoms with van der Waals surface area (Å²) in [6.45, 7) is 3.72. The highest BCUT2D eigenvalue weighted by Gasteiger charge is 2.39. The first-order valence-electron chi connectivity index (χ1n) is 8.28. The van der Waals surface area contributed by atoms with Crippen molar-refractivity contribution in [3.63, 3.8) is 0 Å². The molecule has 0 spiro atoms. The second-order valence-corrected chi connectivity index (χ2v) is 6.17. The van der Waals surface area contributed by atoms with E-state index in [2.05, 4.69) is 16.8 Å². The van der Waals surface area contributed by atoms with Crippen molar-refractivity contribution in [2.45, 2.75) is 51.1 Å². The van der Waals surface area contributed by atoms with E-state index < -0.39 is 11.8 Å². The summed E-state index contributed by atoms with van der Waals surface area (Å²) >= 11 is 0. The molecule has 1 saturated heterocycles. The summed E-state index contributed by atoms with van der Waals surface area (Å²) in [4.78, 5) is 14.6. The average Bonchev–Trinajstić information content (AvgIpc) is 2.85. The Labute approximate surface area is 148 Å². The Bertz CT molecular complexity index is 683. The van der Waals surface area contributed by atoms with Gasteiger partial charge >= 0.3 is 5.97 Å². The molecule has 0 radical (unpaired) electrons. The van der Waals surface area contributed by atoms with E-state index in [-0.39, 0.29) is 18.6 Å². The highest BCUT2D eigenvalue weighted by atomic mass is 16.7. The van der Waals surface area contributed by atoms with Crippen LogP contribution >= 0.6 is 0 Å². The molecule has 0 unspecified atom stereocenters. The lowest BCUT2D eigenvalue weighted by Gasteiger charge is -2.16. The second-order valence-electron chi connectivity index (χ2n) is 6.17. The molecule has 5 nitrogen and oxygen atoms in total. The molecule has 2 heterocycles. The van der Waals surface area contributed by atoms with Crippen molar-refractivity contribution >= 4 is 5.97 Å². The summed E-state index contributed by atoms with van der Waals surface area (Å²) in [6, 6.07) is 3.70. The van der Waals surface area contributed by atoms with Crippen LogP contribution in [0.15, 0.2) is 48.8 Å². The summed E-state index contributed by atoms with van der Waals surface area (Å²) < 4.78 is 11.7. The first-order chi connectivity index (χ1) is 12.0. The minimum atomic E-state index is -0.791. The number of aliphatic carboxylic acids is 1. The normalized spacial score (nSPS) is 22.2. The maximum atomic E-state index is 10.6. The molecule has 2 atom stereocenters. The van der Waals surface area contributed by atoms with Crippen LogP contribution in [-0.2, 0) is 14.3 Å². The Morgan fingerprint density at radius 2 is 2.08 bits per heavy atom. The van der Waals surface area contributed by atoms with Gasteiger partial charge in [0.15, 0.2) is 5.79 Å². The molecule has 1 aliphatic rings. The number of pyridine rings is 1. The summed E-state index contributed by atoms with van der Waals surface area (Å²) in [7, 11) is 0. The van der Waals surface area contributed by atoms with Gasteiger partial charge in [-0.15, -0.1) is 0 Å². The Morgan fingerprint density at radius 1 is 1.32 bits per heavy atom. The van der Waals surface area contributed by atoms with Gasteiger partial charge in [-0.3, -0.25) is 9.78 Å². The largest absolute Gasteiger partial charge is 0.481 e. The Hall–Kier alpha value is -2.42. The van der Waals surface area contributed by atoms with Gasteiger partial charge in [-0.25, -0.2) is 0 Å². The van der Waals surface area contributed by atoms with E-state index >= 15 is 0 Å². The number of carboxylic acid groups (broad SMARTS) is 1. The fourth-order valence-corrected chi connectivity index (χ4v) is 2.54.